The van der Waals surface area contributed by atoms with Gasteiger partial charge in [-0.05, 0) is 32.8 Å². The predicted molar refractivity (Wildman–Crippen MR) is 77.5 cm³/mol. The molecule has 2 rings (SSSR count). The average molecular weight is 277 g/mol. The zero-order chi connectivity index (χ0) is 14.5. The fourth-order valence-corrected chi connectivity index (χ4v) is 2.53. The molecule has 1 aliphatic heterocycles. The van der Waals surface area contributed by atoms with Gasteiger partial charge in [-0.15, -0.1) is 0 Å². The van der Waals surface area contributed by atoms with Crippen molar-refractivity contribution in [1.29, 1.82) is 0 Å². The third-order valence-corrected chi connectivity index (χ3v) is 3.71. The van der Waals surface area contributed by atoms with E-state index in [1.165, 1.54) is 0 Å². The highest BCUT2D eigenvalue weighted by atomic mass is 16.1. The number of hydrogen-bond acceptors (Lipinski definition) is 5. The number of aryl methyl sites for hydroxylation is 2. The maximum atomic E-state index is 12.3. The Morgan fingerprint density at radius 1 is 1.40 bits per heavy atom. The van der Waals surface area contributed by atoms with Gasteiger partial charge in [-0.25, -0.2) is 0 Å². The molecule has 0 atom stereocenters. The Hall–Kier alpha value is -1.53. The summed E-state index contributed by atoms with van der Waals surface area (Å²) < 4.78 is 0. The lowest BCUT2D eigenvalue weighted by molar-refractivity contribution is 0.0910. The van der Waals surface area contributed by atoms with Crippen LogP contribution in [0.4, 0.5) is 0 Å². The lowest BCUT2D eigenvalue weighted by Gasteiger charge is -2.32. The monoisotopic (exact) mass is 277 g/mol. The first-order chi connectivity index (χ1) is 9.60. The average Bonchev–Trinajstić information content (AvgIpc) is 2.44. The molecule has 0 unspecified atom stereocenters. The van der Waals surface area contributed by atoms with Crippen molar-refractivity contribution in [3.05, 3.63) is 23.0 Å². The second kappa shape index (κ2) is 6.76. The van der Waals surface area contributed by atoms with E-state index in [2.05, 4.69) is 20.4 Å². The SMILES string of the molecule is Cc1cc(C(=O)NC2CCN(CCN)CC2)c(C)nn1. The molecule has 1 aromatic heterocycles. The number of likely N-dealkylation sites (tertiary alicyclic amines) is 1. The molecule has 0 aliphatic carbocycles. The molecule has 0 aromatic carbocycles. The fourth-order valence-electron chi connectivity index (χ4n) is 2.53. The number of nitrogens with two attached hydrogens (primary N) is 1. The highest BCUT2D eigenvalue weighted by Gasteiger charge is 2.21. The summed E-state index contributed by atoms with van der Waals surface area (Å²) in [7, 11) is 0. The Balaban J connectivity index is 1.91. The van der Waals surface area contributed by atoms with Crippen molar-refractivity contribution in [1.82, 2.24) is 20.4 Å². The highest BCUT2D eigenvalue weighted by Crippen LogP contribution is 2.12. The summed E-state index contributed by atoms with van der Waals surface area (Å²) in [6.45, 7) is 7.27. The molecule has 1 fully saturated rings. The van der Waals surface area contributed by atoms with Crippen LogP contribution in [0.3, 0.4) is 0 Å². The highest BCUT2D eigenvalue weighted by molar-refractivity contribution is 5.95. The summed E-state index contributed by atoms with van der Waals surface area (Å²) >= 11 is 0. The summed E-state index contributed by atoms with van der Waals surface area (Å²) in [5.74, 6) is -0.0437. The van der Waals surface area contributed by atoms with Gasteiger partial charge in [-0.2, -0.15) is 10.2 Å². The molecule has 0 spiro atoms. The van der Waals surface area contributed by atoms with Gasteiger partial charge in [-0.1, -0.05) is 0 Å². The molecule has 6 heteroatoms. The first-order valence-electron chi connectivity index (χ1n) is 7.14. The second-order valence-corrected chi connectivity index (χ2v) is 5.36. The van der Waals surface area contributed by atoms with Crippen LogP contribution in [0, 0.1) is 13.8 Å². The molecule has 0 bridgehead atoms. The number of piperidine rings is 1. The Morgan fingerprint density at radius 2 is 2.10 bits per heavy atom. The standard InChI is InChI=1S/C14H23N5O/c1-10-9-13(11(2)18-17-10)14(20)16-12-3-6-19(7-4-12)8-5-15/h9,12H,3-8,15H2,1-2H3,(H,16,20). The van der Waals surface area contributed by atoms with Gasteiger partial charge in [0.15, 0.2) is 0 Å². The molecular formula is C14H23N5O. The molecule has 2 heterocycles. The molecular weight excluding hydrogens is 254 g/mol. The zero-order valence-corrected chi connectivity index (χ0v) is 12.2. The number of rotatable bonds is 4. The van der Waals surface area contributed by atoms with Crippen molar-refractivity contribution in [2.75, 3.05) is 26.2 Å². The van der Waals surface area contributed by atoms with Crippen molar-refractivity contribution < 1.29 is 4.79 Å². The quantitative estimate of drug-likeness (QED) is 0.824. The number of aromatic nitrogens is 2. The number of nitrogens with one attached hydrogen (secondary N) is 1. The maximum absolute atomic E-state index is 12.3. The Bertz CT molecular complexity index is 469. The van der Waals surface area contributed by atoms with Gasteiger partial charge in [0.1, 0.15) is 0 Å². The molecule has 1 amide bonds. The van der Waals surface area contributed by atoms with Gasteiger partial charge in [0, 0.05) is 32.2 Å². The first kappa shape index (κ1) is 14.9. The van der Waals surface area contributed by atoms with Crippen molar-refractivity contribution >= 4 is 5.91 Å². The van der Waals surface area contributed by atoms with Crippen LogP contribution in [0.25, 0.3) is 0 Å². The molecule has 3 N–H and O–H groups in total. The Morgan fingerprint density at radius 3 is 2.75 bits per heavy atom. The van der Waals surface area contributed by atoms with Gasteiger partial charge < -0.3 is 16.0 Å². The molecule has 110 valence electrons. The summed E-state index contributed by atoms with van der Waals surface area (Å²) in [4.78, 5) is 14.6. The summed E-state index contributed by atoms with van der Waals surface area (Å²) in [6, 6.07) is 2.03. The molecule has 1 aromatic rings. The van der Waals surface area contributed by atoms with Crippen LogP contribution in [0.15, 0.2) is 6.07 Å². The van der Waals surface area contributed by atoms with Gasteiger partial charge in [0.05, 0.1) is 17.0 Å². The summed E-state index contributed by atoms with van der Waals surface area (Å²) in [5, 5.41) is 11.0. The van der Waals surface area contributed by atoms with Gasteiger partial charge >= 0.3 is 0 Å². The number of carbonyl (C=O) groups is 1. The Kier molecular flexibility index (Phi) is 5.03. The van der Waals surface area contributed by atoms with Crippen LogP contribution in [0.5, 0.6) is 0 Å². The van der Waals surface area contributed by atoms with E-state index in [1.54, 1.807) is 6.07 Å². The van der Waals surface area contributed by atoms with E-state index in [1.807, 2.05) is 13.8 Å². The van der Waals surface area contributed by atoms with E-state index in [-0.39, 0.29) is 11.9 Å². The minimum Gasteiger partial charge on any atom is -0.349 e. The Labute approximate surface area is 119 Å². The molecule has 0 radical (unpaired) electrons. The number of hydrogen-bond donors (Lipinski definition) is 2. The van der Waals surface area contributed by atoms with Crippen LogP contribution in [-0.4, -0.2) is 53.2 Å². The van der Waals surface area contributed by atoms with Crippen LogP contribution < -0.4 is 11.1 Å². The lowest BCUT2D eigenvalue weighted by atomic mass is 10.0. The third kappa shape index (κ3) is 3.74. The number of amides is 1. The second-order valence-electron chi connectivity index (χ2n) is 5.36. The zero-order valence-electron chi connectivity index (χ0n) is 12.2. The summed E-state index contributed by atoms with van der Waals surface area (Å²) in [6.07, 6.45) is 1.95. The molecule has 0 saturated carbocycles. The number of nitrogens with zero attached hydrogens (tertiary/aromatic N) is 3. The van der Waals surface area contributed by atoms with E-state index in [4.69, 9.17) is 5.73 Å². The third-order valence-electron chi connectivity index (χ3n) is 3.71. The predicted octanol–water partition coefficient (Wildman–Crippen LogP) is 0.246. The van der Waals surface area contributed by atoms with Crippen molar-refractivity contribution in [3.8, 4) is 0 Å². The van der Waals surface area contributed by atoms with Crippen molar-refractivity contribution in [3.63, 3.8) is 0 Å². The fraction of sp³-hybridized carbons (Fsp3) is 0.643. The van der Waals surface area contributed by atoms with Gasteiger partial charge in [-0.3, -0.25) is 4.79 Å². The van der Waals surface area contributed by atoms with Gasteiger partial charge in [0.2, 0.25) is 0 Å². The minimum absolute atomic E-state index is 0.0437. The normalized spacial score (nSPS) is 17.1. The molecule has 1 aliphatic rings. The van der Waals surface area contributed by atoms with Crippen LogP contribution >= 0.6 is 0 Å². The van der Waals surface area contributed by atoms with Gasteiger partial charge in [0.25, 0.3) is 5.91 Å². The van der Waals surface area contributed by atoms with E-state index < -0.39 is 0 Å². The van der Waals surface area contributed by atoms with Crippen LogP contribution in [-0.2, 0) is 0 Å². The van der Waals surface area contributed by atoms with E-state index in [0.717, 1.165) is 38.2 Å². The van der Waals surface area contributed by atoms with Crippen LogP contribution in [0.2, 0.25) is 0 Å². The molecule has 6 nitrogen and oxygen atoms in total. The number of carbonyl (C=O) groups excluding carboxylic acids is 1. The van der Waals surface area contributed by atoms with Crippen LogP contribution in [0.1, 0.15) is 34.6 Å². The largest absolute Gasteiger partial charge is 0.349 e. The lowest BCUT2D eigenvalue weighted by Crippen LogP contribution is -2.45. The van der Waals surface area contributed by atoms with Crippen molar-refractivity contribution in [2.45, 2.75) is 32.7 Å². The first-order valence-corrected chi connectivity index (χ1v) is 7.14. The van der Waals surface area contributed by atoms with E-state index >= 15 is 0 Å². The molecule has 20 heavy (non-hydrogen) atoms. The smallest absolute Gasteiger partial charge is 0.253 e. The van der Waals surface area contributed by atoms with Crippen molar-refractivity contribution in [2.24, 2.45) is 5.73 Å². The summed E-state index contributed by atoms with van der Waals surface area (Å²) in [5.41, 5.74) is 7.62. The minimum atomic E-state index is -0.0437. The molecule has 1 saturated heterocycles. The maximum Gasteiger partial charge on any atom is 0.253 e. The van der Waals surface area contributed by atoms with E-state index in [0.29, 0.717) is 17.8 Å². The van der Waals surface area contributed by atoms with E-state index in [9.17, 15) is 4.79 Å². The topological polar surface area (TPSA) is 84.1 Å².